The Balaban J connectivity index is 1.89. The SMILES string of the molecule is NS(=O)(=O)c1ccc(CNC(=O)/C=C/c2cccs2)cc1. The third-order valence-electron chi connectivity index (χ3n) is 2.66. The van der Waals surface area contributed by atoms with Gasteiger partial charge in [-0.05, 0) is 35.2 Å². The molecule has 0 saturated carbocycles. The van der Waals surface area contributed by atoms with Crippen LogP contribution < -0.4 is 10.5 Å². The summed E-state index contributed by atoms with van der Waals surface area (Å²) in [5.41, 5.74) is 0.792. The van der Waals surface area contributed by atoms with Gasteiger partial charge >= 0.3 is 0 Å². The number of primary sulfonamides is 1. The van der Waals surface area contributed by atoms with Gasteiger partial charge in [-0.25, -0.2) is 13.6 Å². The summed E-state index contributed by atoms with van der Waals surface area (Å²) in [4.78, 5) is 12.7. The van der Waals surface area contributed by atoms with Crippen molar-refractivity contribution in [2.45, 2.75) is 11.4 Å². The summed E-state index contributed by atoms with van der Waals surface area (Å²) in [5.74, 6) is -0.209. The predicted molar refractivity (Wildman–Crippen MR) is 83.0 cm³/mol. The van der Waals surface area contributed by atoms with Gasteiger partial charge in [0.05, 0.1) is 4.90 Å². The lowest BCUT2D eigenvalue weighted by molar-refractivity contribution is -0.116. The summed E-state index contributed by atoms with van der Waals surface area (Å²) in [6.07, 6.45) is 3.20. The molecule has 3 N–H and O–H groups in total. The monoisotopic (exact) mass is 322 g/mol. The number of sulfonamides is 1. The molecule has 7 heteroatoms. The Bertz CT molecular complexity index is 733. The first-order chi connectivity index (χ1) is 9.95. The van der Waals surface area contributed by atoms with Crippen molar-refractivity contribution in [3.05, 3.63) is 58.3 Å². The van der Waals surface area contributed by atoms with Crippen molar-refractivity contribution in [2.24, 2.45) is 5.14 Å². The molecule has 1 aromatic carbocycles. The van der Waals surface area contributed by atoms with Crippen LogP contribution in [-0.2, 0) is 21.4 Å². The highest BCUT2D eigenvalue weighted by Gasteiger charge is 2.06. The Morgan fingerprint density at radius 1 is 1.24 bits per heavy atom. The molecule has 0 aliphatic heterocycles. The van der Waals surface area contributed by atoms with Crippen LogP contribution >= 0.6 is 11.3 Å². The Kier molecular flexibility index (Phi) is 4.89. The standard InChI is InChI=1S/C14H14N2O3S2/c15-21(18,19)13-6-3-11(4-7-13)10-16-14(17)8-5-12-2-1-9-20-12/h1-9H,10H2,(H,16,17)(H2,15,18,19)/b8-5+. The van der Waals surface area contributed by atoms with Crippen LogP contribution in [-0.4, -0.2) is 14.3 Å². The van der Waals surface area contributed by atoms with E-state index in [1.165, 1.54) is 18.2 Å². The maximum atomic E-state index is 11.6. The van der Waals surface area contributed by atoms with Gasteiger partial charge in [-0.1, -0.05) is 18.2 Å². The summed E-state index contributed by atoms with van der Waals surface area (Å²) in [6.45, 7) is 0.318. The van der Waals surface area contributed by atoms with Gasteiger partial charge in [0.1, 0.15) is 0 Å². The highest BCUT2D eigenvalue weighted by Crippen LogP contribution is 2.10. The third-order valence-corrected chi connectivity index (χ3v) is 4.43. The summed E-state index contributed by atoms with van der Waals surface area (Å²) in [5, 5.41) is 9.66. The van der Waals surface area contributed by atoms with Gasteiger partial charge in [0.2, 0.25) is 15.9 Å². The van der Waals surface area contributed by atoms with Crippen LogP contribution in [0.15, 0.2) is 52.7 Å². The Labute approximate surface area is 127 Å². The molecule has 0 atom stereocenters. The molecule has 21 heavy (non-hydrogen) atoms. The molecule has 0 aliphatic carbocycles. The number of benzene rings is 1. The van der Waals surface area contributed by atoms with E-state index in [1.54, 1.807) is 29.5 Å². The summed E-state index contributed by atoms with van der Waals surface area (Å²) in [6, 6.07) is 9.89. The molecule has 2 aromatic rings. The zero-order valence-corrected chi connectivity index (χ0v) is 12.7. The molecule has 1 amide bonds. The number of rotatable bonds is 5. The first-order valence-electron chi connectivity index (χ1n) is 6.06. The molecule has 0 spiro atoms. The molecule has 0 radical (unpaired) electrons. The fraction of sp³-hybridized carbons (Fsp3) is 0.0714. The van der Waals surface area contributed by atoms with Crippen LogP contribution in [0.25, 0.3) is 6.08 Å². The van der Waals surface area contributed by atoms with Crippen LogP contribution in [0, 0.1) is 0 Å². The molecule has 2 rings (SSSR count). The van der Waals surface area contributed by atoms with E-state index in [9.17, 15) is 13.2 Å². The Morgan fingerprint density at radius 3 is 2.52 bits per heavy atom. The molecular weight excluding hydrogens is 308 g/mol. The largest absolute Gasteiger partial charge is 0.348 e. The van der Waals surface area contributed by atoms with Crippen molar-refractivity contribution in [3.63, 3.8) is 0 Å². The van der Waals surface area contributed by atoms with Crippen molar-refractivity contribution in [3.8, 4) is 0 Å². The number of carbonyl (C=O) groups excluding carboxylic acids is 1. The topological polar surface area (TPSA) is 89.3 Å². The smallest absolute Gasteiger partial charge is 0.244 e. The second-order valence-corrected chi connectivity index (χ2v) is 6.80. The highest BCUT2D eigenvalue weighted by atomic mass is 32.2. The molecule has 0 fully saturated rings. The van der Waals surface area contributed by atoms with Gasteiger partial charge in [0.15, 0.2) is 0 Å². The van der Waals surface area contributed by atoms with E-state index in [4.69, 9.17) is 5.14 Å². The van der Waals surface area contributed by atoms with Crippen molar-refractivity contribution in [2.75, 3.05) is 0 Å². The number of nitrogens with one attached hydrogen (secondary N) is 1. The van der Waals surface area contributed by atoms with Crippen LogP contribution in [0.5, 0.6) is 0 Å². The molecule has 0 bridgehead atoms. The maximum absolute atomic E-state index is 11.6. The Morgan fingerprint density at radius 2 is 1.95 bits per heavy atom. The van der Waals surface area contributed by atoms with E-state index in [0.29, 0.717) is 6.54 Å². The van der Waals surface area contributed by atoms with Crippen molar-refractivity contribution < 1.29 is 13.2 Å². The van der Waals surface area contributed by atoms with Crippen molar-refractivity contribution >= 4 is 33.3 Å². The second-order valence-electron chi connectivity index (χ2n) is 4.26. The molecule has 1 heterocycles. The maximum Gasteiger partial charge on any atom is 0.244 e. The van der Waals surface area contributed by atoms with Gasteiger partial charge < -0.3 is 5.32 Å². The summed E-state index contributed by atoms with van der Waals surface area (Å²) in [7, 11) is -3.68. The fourth-order valence-corrected chi connectivity index (χ4v) is 2.72. The second kappa shape index (κ2) is 6.66. The van der Waals surface area contributed by atoms with E-state index in [0.717, 1.165) is 10.4 Å². The molecule has 0 unspecified atom stereocenters. The van der Waals surface area contributed by atoms with E-state index >= 15 is 0 Å². The molecule has 110 valence electrons. The normalized spacial score (nSPS) is 11.7. The van der Waals surface area contributed by atoms with E-state index < -0.39 is 10.0 Å². The minimum absolute atomic E-state index is 0.0511. The summed E-state index contributed by atoms with van der Waals surface area (Å²) < 4.78 is 22.2. The lowest BCUT2D eigenvalue weighted by atomic mass is 10.2. The van der Waals surface area contributed by atoms with Gasteiger partial charge in [0.25, 0.3) is 0 Å². The molecule has 5 nitrogen and oxygen atoms in total. The average molecular weight is 322 g/mol. The zero-order valence-electron chi connectivity index (χ0n) is 11.0. The number of hydrogen-bond donors (Lipinski definition) is 2. The first-order valence-corrected chi connectivity index (χ1v) is 8.49. The molecule has 0 saturated heterocycles. The highest BCUT2D eigenvalue weighted by molar-refractivity contribution is 7.89. The van der Waals surface area contributed by atoms with E-state index in [-0.39, 0.29) is 10.8 Å². The van der Waals surface area contributed by atoms with Crippen LogP contribution in [0.3, 0.4) is 0 Å². The average Bonchev–Trinajstić information content (AvgIpc) is 2.95. The third kappa shape index (κ3) is 4.82. The zero-order chi connectivity index (χ0) is 15.3. The van der Waals surface area contributed by atoms with Gasteiger partial charge in [0, 0.05) is 17.5 Å². The van der Waals surface area contributed by atoms with E-state index in [1.807, 2.05) is 17.5 Å². The lowest BCUT2D eigenvalue weighted by Gasteiger charge is -2.03. The fourth-order valence-electron chi connectivity index (χ4n) is 1.59. The van der Waals surface area contributed by atoms with Gasteiger partial charge in [-0.3, -0.25) is 4.79 Å². The number of hydrogen-bond acceptors (Lipinski definition) is 4. The van der Waals surface area contributed by atoms with Gasteiger partial charge in [-0.2, -0.15) is 0 Å². The predicted octanol–water partition coefficient (Wildman–Crippen LogP) is 1.73. The minimum Gasteiger partial charge on any atom is -0.348 e. The number of amides is 1. The van der Waals surface area contributed by atoms with Crippen LogP contribution in [0.1, 0.15) is 10.4 Å². The summed E-state index contributed by atoms with van der Waals surface area (Å²) >= 11 is 1.55. The van der Waals surface area contributed by atoms with Gasteiger partial charge in [-0.15, -0.1) is 11.3 Å². The number of thiophene rings is 1. The Hall–Kier alpha value is -1.96. The van der Waals surface area contributed by atoms with Crippen LogP contribution in [0.2, 0.25) is 0 Å². The minimum atomic E-state index is -3.68. The first kappa shape index (κ1) is 15.4. The number of carbonyl (C=O) groups is 1. The number of nitrogens with two attached hydrogens (primary N) is 1. The molecule has 0 aliphatic rings. The van der Waals surface area contributed by atoms with Crippen molar-refractivity contribution in [1.29, 1.82) is 0 Å². The molecular formula is C14H14N2O3S2. The lowest BCUT2D eigenvalue weighted by Crippen LogP contribution is -2.20. The van der Waals surface area contributed by atoms with Crippen LogP contribution in [0.4, 0.5) is 0 Å². The van der Waals surface area contributed by atoms with Crippen molar-refractivity contribution in [1.82, 2.24) is 5.32 Å². The molecule has 1 aromatic heterocycles. The van der Waals surface area contributed by atoms with E-state index in [2.05, 4.69) is 5.32 Å². The quantitative estimate of drug-likeness (QED) is 0.822.